The van der Waals surface area contributed by atoms with Gasteiger partial charge in [-0.1, -0.05) is 38.1 Å². The van der Waals surface area contributed by atoms with Gasteiger partial charge in [-0.2, -0.15) is 0 Å². The van der Waals surface area contributed by atoms with Crippen LogP contribution in [0.2, 0.25) is 0 Å². The fraction of sp³-hybridized carbons (Fsp3) is 0.263. The number of para-hydroxylation sites is 3. The molecule has 0 aliphatic rings. The third kappa shape index (κ3) is 2.63. The van der Waals surface area contributed by atoms with E-state index in [1.165, 1.54) is 10.2 Å². The Balaban J connectivity index is 1.89. The summed E-state index contributed by atoms with van der Waals surface area (Å²) in [6.45, 7) is 5.50. The highest BCUT2D eigenvalue weighted by Gasteiger charge is 2.16. The molecule has 116 valence electrons. The van der Waals surface area contributed by atoms with E-state index in [9.17, 15) is 0 Å². The topological polar surface area (TPSA) is 30.7 Å². The quantitative estimate of drug-likeness (QED) is 0.506. The van der Waals surface area contributed by atoms with Crippen molar-refractivity contribution >= 4 is 32.6 Å². The molecule has 4 aromatic rings. The first kappa shape index (κ1) is 14.4. The highest BCUT2D eigenvalue weighted by molar-refractivity contribution is 7.21. The van der Waals surface area contributed by atoms with Crippen LogP contribution in [0.1, 0.15) is 20.3 Å². The van der Waals surface area contributed by atoms with Crippen LogP contribution in [0.4, 0.5) is 0 Å². The lowest BCUT2D eigenvalue weighted by Crippen LogP contribution is -2.03. The molecular weight excluding hydrogens is 302 g/mol. The predicted molar refractivity (Wildman–Crippen MR) is 97.8 cm³/mol. The minimum atomic E-state index is 0.666. The number of hydrogen-bond acceptors (Lipinski definition) is 3. The van der Waals surface area contributed by atoms with Crippen LogP contribution in [0.5, 0.6) is 0 Å². The molecule has 2 aromatic carbocycles. The predicted octanol–water partition coefficient (Wildman–Crippen LogP) is 5.36. The molecule has 0 bridgehead atoms. The van der Waals surface area contributed by atoms with Crippen molar-refractivity contribution in [3.05, 3.63) is 48.5 Å². The summed E-state index contributed by atoms with van der Waals surface area (Å²) in [5, 5.41) is 1.01. The maximum Gasteiger partial charge on any atom is 0.170 e. The van der Waals surface area contributed by atoms with Crippen LogP contribution in [-0.4, -0.2) is 14.5 Å². The van der Waals surface area contributed by atoms with Gasteiger partial charge in [0.25, 0.3) is 0 Å². The van der Waals surface area contributed by atoms with Gasteiger partial charge in [-0.05, 0) is 36.6 Å². The van der Waals surface area contributed by atoms with Gasteiger partial charge >= 0.3 is 0 Å². The number of aryl methyl sites for hydroxylation is 1. The Morgan fingerprint density at radius 3 is 2.48 bits per heavy atom. The number of rotatable bonds is 4. The van der Waals surface area contributed by atoms with E-state index in [2.05, 4.69) is 54.8 Å². The zero-order valence-electron chi connectivity index (χ0n) is 13.4. The first-order valence-corrected chi connectivity index (χ1v) is 8.85. The van der Waals surface area contributed by atoms with Crippen LogP contribution in [0.25, 0.3) is 32.1 Å². The second-order valence-electron chi connectivity index (χ2n) is 6.25. The monoisotopic (exact) mass is 321 g/mol. The van der Waals surface area contributed by atoms with Crippen molar-refractivity contribution in [2.45, 2.75) is 26.8 Å². The summed E-state index contributed by atoms with van der Waals surface area (Å²) in [6.07, 6.45) is 1.14. The van der Waals surface area contributed by atoms with Crippen molar-refractivity contribution in [2.75, 3.05) is 0 Å². The SMILES string of the molecule is CC(C)CCn1c(-c2nc3ccccc3s2)nc2ccccc21. The maximum atomic E-state index is 4.87. The molecule has 2 aromatic heterocycles. The zero-order chi connectivity index (χ0) is 15.8. The molecule has 0 N–H and O–H groups in total. The fourth-order valence-corrected chi connectivity index (χ4v) is 3.78. The summed E-state index contributed by atoms with van der Waals surface area (Å²) in [6, 6.07) is 16.6. The van der Waals surface area contributed by atoms with Crippen LogP contribution < -0.4 is 0 Å². The van der Waals surface area contributed by atoms with Gasteiger partial charge in [0.05, 0.1) is 21.3 Å². The second-order valence-corrected chi connectivity index (χ2v) is 7.28. The Labute approximate surface area is 139 Å². The molecule has 0 aliphatic carbocycles. The molecule has 0 spiro atoms. The smallest absolute Gasteiger partial charge is 0.170 e. The summed E-state index contributed by atoms with van der Waals surface area (Å²) in [4.78, 5) is 9.67. The molecule has 4 rings (SSSR count). The lowest BCUT2D eigenvalue weighted by molar-refractivity contribution is 0.525. The second kappa shape index (κ2) is 5.78. The normalized spacial score (nSPS) is 11.8. The van der Waals surface area contributed by atoms with Crippen LogP contribution in [0, 0.1) is 5.92 Å². The largest absolute Gasteiger partial charge is 0.322 e. The molecule has 0 atom stereocenters. The van der Waals surface area contributed by atoms with Crippen LogP contribution in [0.3, 0.4) is 0 Å². The number of imidazole rings is 1. The van der Waals surface area contributed by atoms with Crippen LogP contribution in [-0.2, 0) is 6.54 Å². The van der Waals surface area contributed by atoms with Crippen LogP contribution in [0.15, 0.2) is 48.5 Å². The van der Waals surface area contributed by atoms with E-state index in [1.807, 2.05) is 12.1 Å². The van der Waals surface area contributed by atoms with E-state index in [1.54, 1.807) is 11.3 Å². The lowest BCUT2D eigenvalue weighted by atomic mass is 10.1. The zero-order valence-corrected chi connectivity index (χ0v) is 14.2. The average Bonchev–Trinajstić information content (AvgIpc) is 3.13. The van der Waals surface area contributed by atoms with Gasteiger partial charge < -0.3 is 4.57 Å². The van der Waals surface area contributed by atoms with Gasteiger partial charge in [-0.15, -0.1) is 11.3 Å². The Bertz CT molecular complexity index is 932. The van der Waals surface area contributed by atoms with Crippen molar-refractivity contribution < 1.29 is 0 Å². The Morgan fingerprint density at radius 1 is 0.957 bits per heavy atom. The molecule has 0 radical (unpaired) electrons. The number of hydrogen-bond donors (Lipinski definition) is 0. The van der Waals surface area contributed by atoms with Crippen molar-refractivity contribution in [2.24, 2.45) is 5.92 Å². The van der Waals surface area contributed by atoms with Gasteiger partial charge in [0, 0.05) is 6.54 Å². The van der Waals surface area contributed by atoms with E-state index in [0.717, 1.165) is 34.8 Å². The van der Waals surface area contributed by atoms with Gasteiger partial charge in [0.1, 0.15) is 0 Å². The number of nitrogens with zero attached hydrogens (tertiary/aromatic N) is 3. The number of benzene rings is 2. The maximum absolute atomic E-state index is 4.87. The molecule has 23 heavy (non-hydrogen) atoms. The highest BCUT2D eigenvalue weighted by atomic mass is 32.1. The highest BCUT2D eigenvalue weighted by Crippen LogP contribution is 2.32. The van der Waals surface area contributed by atoms with E-state index >= 15 is 0 Å². The van der Waals surface area contributed by atoms with E-state index in [4.69, 9.17) is 9.97 Å². The summed E-state index contributed by atoms with van der Waals surface area (Å²) in [5.41, 5.74) is 3.29. The number of thiazole rings is 1. The van der Waals surface area contributed by atoms with E-state index in [0.29, 0.717) is 5.92 Å². The molecule has 0 fully saturated rings. The van der Waals surface area contributed by atoms with Crippen LogP contribution >= 0.6 is 11.3 Å². The minimum Gasteiger partial charge on any atom is -0.322 e. The van der Waals surface area contributed by atoms with Gasteiger partial charge in [0.15, 0.2) is 10.8 Å². The summed E-state index contributed by atoms with van der Waals surface area (Å²) in [5.74, 6) is 1.66. The van der Waals surface area contributed by atoms with Gasteiger partial charge in [0.2, 0.25) is 0 Å². The third-order valence-corrected chi connectivity index (χ3v) is 5.10. The lowest BCUT2D eigenvalue weighted by Gasteiger charge is -2.09. The minimum absolute atomic E-state index is 0.666. The number of aromatic nitrogens is 3. The van der Waals surface area contributed by atoms with Gasteiger partial charge in [-0.25, -0.2) is 9.97 Å². The molecule has 4 heteroatoms. The molecule has 0 aliphatic heterocycles. The fourth-order valence-electron chi connectivity index (χ4n) is 2.82. The molecule has 0 saturated heterocycles. The Kier molecular flexibility index (Phi) is 3.62. The molecule has 0 amide bonds. The summed E-state index contributed by atoms with van der Waals surface area (Å²) in [7, 11) is 0. The van der Waals surface area contributed by atoms with Gasteiger partial charge in [-0.3, -0.25) is 0 Å². The van der Waals surface area contributed by atoms with Crippen molar-refractivity contribution in [1.29, 1.82) is 0 Å². The molecule has 2 heterocycles. The average molecular weight is 321 g/mol. The molecule has 0 saturated carbocycles. The summed E-state index contributed by atoms with van der Waals surface area (Å²) < 4.78 is 3.54. The van der Waals surface area contributed by atoms with Crippen molar-refractivity contribution in [1.82, 2.24) is 14.5 Å². The van der Waals surface area contributed by atoms with Crippen molar-refractivity contribution in [3.8, 4) is 10.8 Å². The molecule has 3 nitrogen and oxygen atoms in total. The number of fused-ring (bicyclic) bond motifs is 2. The molecular formula is C19H19N3S. The summed E-state index contributed by atoms with van der Waals surface area (Å²) >= 11 is 1.72. The molecule has 0 unspecified atom stereocenters. The Morgan fingerprint density at radius 2 is 1.70 bits per heavy atom. The first-order chi connectivity index (χ1) is 11.2. The van der Waals surface area contributed by atoms with E-state index < -0.39 is 0 Å². The Hall–Kier alpha value is -2.20. The first-order valence-electron chi connectivity index (χ1n) is 8.03. The van der Waals surface area contributed by atoms with E-state index in [-0.39, 0.29) is 0 Å². The third-order valence-electron chi connectivity index (χ3n) is 4.07. The van der Waals surface area contributed by atoms with Crippen molar-refractivity contribution in [3.63, 3.8) is 0 Å². The standard InChI is InChI=1S/C19H19N3S/c1-13(2)11-12-22-16-9-5-3-7-14(16)20-18(22)19-21-15-8-4-6-10-17(15)23-19/h3-10,13H,11-12H2,1-2H3.